The second kappa shape index (κ2) is 35.2. The van der Waals surface area contributed by atoms with Gasteiger partial charge in [0.05, 0.1) is 0 Å². The van der Waals surface area contributed by atoms with Crippen molar-refractivity contribution in [1.29, 1.82) is 0 Å². The van der Waals surface area contributed by atoms with Gasteiger partial charge in [0.15, 0.2) is 0 Å². The van der Waals surface area contributed by atoms with E-state index in [0.717, 1.165) is 57.8 Å². The summed E-state index contributed by atoms with van der Waals surface area (Å²) in [5.41, 5.74) is 0. The Labute approximate surface area is 268 Å². The first-order valence-corrected chi connectivity index (χ1v) is 19.2. The number of hydrogen-bond acceptors (Lipinski definition) is 3. The van der Waals surface area contributed by atoms with Gasteiger partial charge < -0.3 is 9.84 Å². The molecule has 0 spiro atoms. The molecular formula is C39H74O4. The average Bonchev–Trinajstić information content (AvgIpc) is 2.99. The van der Waals surface area contributed by atoms with Crippen molar-refractivity contribution in [3.8, 4) is 0 Å². The van der Waals surface area contributed by atoms with Crippen molar-refractivity contribution < 1.29 is 19.4 Å². The van der Waals surface area contributed by atoms with Crippen LogP contribution >= 0.6 is 0 Å². The molecule has 0 radical (unpaired) electrons. The van der Waals surface area contributed by atoms with Gasteiger partial charge in [-0.3, -0.25) is 9.59 Å². The molecule has 0 aromatic carbocycles. The summed E-state index contributed by atoms with van der Waals surface area (Å²) in [4.78, 5) is 23.3. The van der Waals surface area contributed by atoms with Crippen molar-refractivity contribution in [2.24, 2.45) is 0 Å². The normalized spacial score (nSPS) is 12.2. The van der Waals surface area contributed by atoms with Crippen molar-refractivity contribution in [2.75, 3.05) is 0 Å². The van der Waals surface area contributed by atoms with Gasteiger partial charge in [-0.15, -0.1) is 0 Å². The van der Waals surface area contributed by atoms with Crippen molar-refractivity contribution >= 4 is 11.9 Å². The minimum atomic E-state index is -0.710. The van der Waals surface area contributed by atoms with Crippen LogP contribution in [0.3, 0.4) is 0 Å². The first kappa shape index (κ1) is 41.7. The highest BCUT2D eigenvalue weighted by atomic mass is 16.5. The third kappa shape index (κ3) is 35.0. The highest BCUT2D eigenvalue weighted by molar-refractivity contribution is 5.69. The van der Waals surface area contributed by atoms with E-state index < -0.39 is 5.97 Å². The van der Waals surface area contributed by atoms with Crippen LogP contribution in [0.5, 0.6) is 0 Å². The highest BCUT2D eigenvalue weighted by Crippen LogP contribution is 2.19. The molecular weight excluding hydrogens is 532 g/mol. The van der Waals surface area contributed by atoms with Crippen molar-refractivity contribution in [2.45, 2.75) is 225 Å². The molecule has 0 heterocycles. The van der Waals surface area contributed by atoms with Gasteiger partial charge in [-0.05, 0) is 64.2 Å². The van der Waals surface area contributed by atoms with Crippen LogP contribution in [0, 0.1) is 0 Å². The molecule has 0 saturated heterocycles. The average molecular weight is 607 g/mol. The zero-order valence-corrected chi connectivity index (χ0v) is 29.0. The van der Waals surface area contributed by atoms with Gasteiger partial charge in [-0.1, -0.05) is 154 Å². The number of hydrogen-bond donors (Lipinski definition) is 1. The molecule has 1 N–H and O–H groups in total. The van der Waals surface area contributed by atoms with E-state index in [1.54, 1.807) is 0 Å². The summed E-state index contributed by atoms with van der Waals surface area (Å²) in [5.74, 6) is -0.724. The number of carbonyl (C=O) groups excluding carboxylic acids is 1. The summed E-state index contributed by atoms with van der Waals surface area (Å²) in [6.07, 6.45) is 42.3. The third-order valence-corrected chi connectivity index (χ3v) is 8.74. The zero-order valence-electron chi connectivity index (χ0n) is 29.0. The number of ether oxygens (including phenoxy) is 1. The van der Waals surface area contributed by atoms with E-state index >= 15 is 0 Å². The monoisotopic (exact) mass is 607 g/mol. The van der Waals surface area contributed by atoms with Crippen LogP contribution in [0.15, 0.2) is 12.2 Å². The summed E-state index contributed by atoms with van der Waals surface area (Å²) in [5, 5.41) is 8.81. The molecule has 254 valence electrons. The lowest BCUT2D eigenvalue weighted by Crippen LogP contribution is -2.18. The van der Waals surface area contributed by atoms with E-state index in [0.29, 0.717) is 6.42 Å². The fraction of sp³-hybridized carbons (Fsp3) is 0.897. The molecule has 0 aliphatic heterocycles. The number of unbranched alkanes of at least 4 members (excludes halogenated alkanes) is 24. The number of rotatable bonds is 35. The predicted molar refractivity (Wildman–Crippen MR) is 186 cm³/mol. The van der Waals surface area contributed by atoms with Crippen molar-refractivity contribution in [3.63, 3.8) is 0 Å². The van der Waals surface area contributed by atoms with Gasteiger partial charge in [-0.25, -0.2) is 0 Å². The molecule has 0 aliphatic carbocycles. The summed E-state index contributed by atoms with van der Waals surface area (Å²) in [6.45, 7) is 4.53. The van der Waals surface area contributed by atoms with Gasteiger partial charge in [-0.2, -0.15) is 0 Å². The molecule has 0 aromatic rings. The molecule has 0 fully saturated rings. The maximum atomic E-state index is 12.6. The number of esters is 1. The fourth-order valence-corrected chi connectivity index (χ4v) is 5.89. The van der Waals surface area contributed by atoms with Crippen molar-refractivity contribution in [3.05, 3.63) is 12.2 Å². The maximum Gasteiger partial charge on any atom is 0.306 e. The Bertz CT molecular complexity index is 614. The first-order chi connectivity index (χ1) is 21.1. The summed E-state index contributed by atoms with van der Waals surface area (Å²) in [6, 6.07) is 0. The van der Waals surface area contributed by atoms with Gasteiger partial charge in [0, 0.05) is 12.8 Å². The lowest BCUT2D eigenvalue weighted by molar-refractivity contribution is -0.150. The molecule has 0 aliphatic rings. The lowest BCUT2D eigenvalue weighted by Gasteiger charge is -2.18. The molecule has 0 saturated carbocycles. The Balaban J connectivity index is 3.81. The molecule has 0 rings (SSSR count). The van der Waals surface area contributed by atoms with Crippen LogP contribution in [-0.4, -0.2) is 23.1 Å². The van der Waals surface area contributed by atoms with Crippen molar-refractivity contribution in [1.82, 2.24) is 0 Å². The number of carbonyl (C=O) groups is 2. The molecule has 0 amide bonds. The zero-order chi connectivity index (χ0) is 31.5. The molecule has 4 heteroatoms. The Hall–Kier alpha value is -1.32. The van der Waals surface area contributed by atoms with E-state index in [1.807, 2.05) is 0 Å². The predicted octanol–water partition coefficient (Wildman–Crippen LogP) is 13.1. The SMILES string of the molecule is CCCCCCCC/C=C\CCCCCCCCCCCC(=O)OC(CCCCCCCCC)CCCCCCC(=O)O. The van der Waals surface area contributed by atoms with Crippen LogP contribution < -0.4 is 0 Å². The Morgan fingerprint density at radius 1 is 0.488 bits per heavy atom. The summed E-state index contributed by atoms with van der Waals surface area (Å²) >= 11 is 0. The quantitative estimate of drug-likeness (QED) is 0.0443. The largest absolute Gasteiger partial charge is 0.481 e. The first-order valence-electron chi connectivity index (χ1n) is 19.2. The number of carboxylic acid groups (broad SMARTS) is 1. The summed E-state index contributed by atoms with van der Waals surface area (Å²) in [7, 11) is 0. The Morgan fingerprint density at radius 3 is 1.26 bits per heavy atom. The van der Waals surface area contributed by atoms with E-state index in [9.17, 15) is 9.59 Å². The number of aliphatic carboxylic acids is 1. The molecule has 1 atom stereocenters. The van der Waals surface area contributed by atoms with Crippen LogP contribution in [0.1, 0.15) is 219 Å². The third-order valence-electron chi connectivity index (χ3n) is 8.74. The van der Waals surface area contributed by atoms with Gasteiger partial charge in [0.2, 0.25) is 0 Å². The molecule has 43 heavy (non-hydrogen) atoms. The van der Waals surface area contributed by atoms with Crippen LogP contribution in [-0.2, 0) is 14.3 Å². The van der Waals surface area contributed by atoms with Gasteiger partial charge in [0.25, 0.3) is 0 Å². The molecule has 1 unspecified atom stereocenters. The van der Waals surface area contributed by atoms with Gasteiger partial charge in [0.1, 0.15) is 6.10 Å². The molecule has 0 bridgehead atoms. The number of allylic oxidation sites excluding steroid dienone is 2. The number of carboxylic acids is 1. The standard InChI is InChI=1S/C39H74O4/c1-3-5-7-9-11-12-13-14-15-16-17-18-19-20-21-22-24-26-32-36-39(42)43-37(33-29-25-23-10-8-6-4-2)34-30-27-28-31-35-38(40)41/h14-15,37H,3-13,16-36H2,1-2H3,(H,40,41)/b15-14-. The van der Waals surface area contributed by atoms with Crippen LogP contribution in [0.4, 0.5) is 0 Å². The van der Waals surface area contributed by atoms with E-state index in [-0.39, 0.29) is 18.5 Å². The van der Waals surface area contributed by atoms with E-state index in [2.05, 4.69) is 26.0 Å². The van der Waals surface area contributed by atoms with E-state index in [4.69, 9.17) is 9.84 Å². The Morgan fingerprint density at radius 2 is 0.837 bits per heavy atom. The highest BCUT2D eigenvalue weighted by Gasteiger charge is 2.14. The molecule has 0 aromatic heterocycles. The second-order valence-electron chi connectivity index (χ2n) is 13.1. The van der Waals surface area contributed by atoms with Crippen LogP contribution in [0.25, 0.3) is 0 Å². The van der Waals surface area contributed by atoms with E-state index in [1.165, 1.54) is 135 Å². The minimum Gasteiger partial charge on any atom is -0.481 e. The van der Waals surface area contributed by atoms with Gasteiger partial charge >= 0.3 is 11.9 Å². The van der Waals surface area contributed by atoms with Crippen LogP contribution in [0.2, 0.25) is 0 Å². The second-order valence-corrected chi connectivity index (χ2v) is 13.1. The minimum absolute atomic E-state index is 0.0140. The summed E-state index contributed by atoms with van der Waals surface area (Å²) < 4.78 is 5.94. The molecule has 4 nitrogen and oxygen atoms in total. The fourth-order valence-electron chi connectivity index (χ4n) is 5.89. The topological polar surface area (TPSA) is 63.6 Å². The maximum absolute atomic E-state index is 12.6. The Kier molecular flexibility index (Phi) is 34.1. The smallest absolute Gasteiger partial charge is 0.306 e. The lowest BCUT2D eigenvalue weighted by atomic mass is 10.0.